The number of Topliss-reactive ketones (excluding diaryl/α,β-unsaturated/α-hetero) is 1. The molecule has 1 aromatic carbocycles. The first-order valence-electron chi connectivity index (χ1n) is 5.04. The highest BCUT2D eigenvalue weighted by atomic mass is 19.4. The number of carbonyl (C=O) groups is 1. The average Bonchev–Trinajstić information content (AvgIpc) is 2.28. The third-order valence-corrected chi connectivity index (χ3v) is 2.18. The molecule has 0 spiro atoms. The molecule has 1 aromatic rings. The molecule has 0 fully saturated rings. The van der Waals surface area contributed by atoms with Gasteiger partial charge in [0.2, 0.25) is 5.88 Å². The minimum Gasteiger partial charge on any atom is -0.494 e. The summed E-state index contributed by atoms with van der Waals surface area (Å²) in [6.45, 7) is 1.09. The van der Waals surface area contributed by atoms with E-state index in [1.807, 2.05) is 0 Å². The van der Waals surface area contributed by atoms with E-state index in [1.165, 1.54) is 6.07 Å². The predicted octanol–water partition coefficient (Wildman–Crippen LogP) is 3.00. The molecule has 0 saturated carbocycles. The number of nitrogens with zero attached hydrogens (tertiary/aromatic N) is 1. The van der Waals surface area contributed by atoms with Crippen molar-refractivity contribution in [3.63, 3.8) is 0 Å². The van der Waals surface area contributed by atoms with Crippen LogP contribution in [0.5, 0.6) is 0 Å². The van der Waals surface area contributed by atoms with Gasteiger partial charge in [0.05, 0.1) is 5.56 Å². The number of rotatable bonds is 3. The molecule has 1 rings (SSSR count). The van der Waals surface area contributed by atoms with Gasteiger partial charge in [-0.1, -0.05) is 0 Å². The Hall–Kier alpha value is -2.49. The van der Waals surface area contributed by atoms with Crippen molar-refractivity contribution in [2.24, 2.45) is 0 Å². The number of nitrogens with one attached hydrogen (secondary N) is 1. The van der Waals surface area contributed by atoms with Crippen LogP contribution in [0.3, 0.4) is 0 Å². The number of anilines is 1. The summed E-state index contributed by atoms with van der Waals surface area (Å²) >= 11 is 0. The van der Waals surface area contributed by atoms with Crippen LogP contribution in [0.15, 0.2) is 35.7 Å². The summed E-state index contributed by atoms with van der Waals surface area (Å²) in [5.74, 6) is -1.35. The van der Waals surface area contributed by atoms with Crippen LogP contribution < -0.4 is 5.32 Å². The highest BCUT2D eigenvalue weighted by Crippen LogP contribution is 2.29. The fraction of sp³-hybridized carbons (Fsp3) is 0.167. The van der Waals surface area contributed by atoms with E-state index in [0.29, 0.717) is 0 Å². The third-order valence-electron chi connectivity index (χ3n) is 2.18. The number of carbonyl (C=O) groups excluding carboxylic acids is 1. The second kappa shape index (κ2) is 5.44. The summed E-state index contributed by atoms with van der Waals surface area (Å²) in [5.41, 5.74) is -1.21. The third kappa shape index (κ3) is 3.74. The van der Waals surface area contributed by atoms with Crippen LogP contribution in [0.2, 0.25) is 0 Å². The van der Waals surface area contributed by atoms with Crippen molar-refractivity contribution in [3.8, 4) is 6.07 Å². The van der Waals surface area contributed by atoms with Gasteiger partial charge in [0.15, 0.2) is 11.4 Å². The van der Waals surface area contributed by atoms with Gasteiger partial charge in [-0.15, -0.1) is 0 Å². The van der Waals surface area contributed by atoms with E-state index in [2.05, 4.69) is 5.32 Å². The van der Waals surface area contributed by atoms with E-state index in [1.54, 1.807) is 0 Å². The van der Waals surface area contributed by atoms with E-state index < -0.39 is 29.0 Å². The number of aliphatic hydroxyl groups is 1. The van der Waals surface area contributed by atoms with E-state index in [9.17, 15) is 23.1 Å². The lowest BCUT2D eigenvalue weighted by atomic mass is 10.2. The maximum Gasteiger partial charge on any atom is 0.416 e. The number of ketones is 1. The summed E-state index contributed by atoms with van der Waals surface area (Å²) < 4.78 is 36.9. The van der Waals surface area contributed by atoms with Gasteiger partial charge in [0, 0.05) is 12.6 Å². The minimum absolute atomic E-state index is 0.125. The molecule has 0 aliphatic rings. The summed E-state index contributed by atoms with van der Waals surface area (Å²) in [6, 6.07) is 5.28. The molecule has 0 heterocycles. The van der Waals surface area contributed by atoms with Gasteiger partial charge < -0.3 is 10.4 Å². The molecule has 7 heteroatoms. The first-order valence-corrected chi connectivity index (χ1v) is 5.04. The molecule has 0 aromatic heterocycles. The van der Waals surface area contributed by atoms with Crippen LogP contribution in [-0.2, 0) is 11.0 Å². The number of hydrogen-bond acceptors (Lipinski definition) is 4. The van der Waals surface area contributed by atoms with Gasteiger partial charge in [-0.25, -0.2) is 0 Å². The molecule has 19 heavy (non-hydrogen) atoms. The zero-order valence-corrected chi connectivity index (χ0v) is 9.75. The van der Waals surface area contributed by atoms with Crippen molar-refractivity contribution in [3.05, 3.63) is 41.3 Å². The maximum absolute atomic E-state index is 12.3. The molecule has 0 amide bonds. The standard InChI is InChI=1S/C12H9F3N2O2/c1-7(18)10(6-16)11(19)17-9-4-2-8(3-5-9)12(13,14)15/h2-5,17,19H,1H3/b11-10-. The zero-order chi connectivity index (χ0) is 14.6. The Kier molecular flexibility index (Phi) is 4.17. The largest absolute Gasteiger partial charge is 0.494 e. The lowest BCUT2D eigenvalue weighted by Gasteiger charge is -2.09. The Morgan fingerprint density at radius 2 is 1.84 bits per heavy atom. The monoisotopic (exact) mass is 270 g/mol. The second-order valence-corrected chi connectivity index (χ2v) is 3.59. The predicted molar refractivity (Wildman–Crippen MR) is 61.0 cm³/mol. The van der Waals surface area contributed by atoms with Crippen molar-refractivity contribution < 1.29 is 23.1 Å². The number of hydrogen-bond donors (Lipinski definition) is 2. The van der Waals surface area contributed by atoms with E-state index >= 15 is 0 Å². The maximum atomic E-state index is 12.3. The molecular weight excluding hydrogens is 261 g/mol. The van der Waals surface area contributed by atoms with Gasteiger partial charge in [0.25, 0.3) is 0 Å². The highest BCUT2D eigenvalue weighted by Gasteiger charge is 2.29. The molecule has 0 unspecified atom stereocenters. The first-order chi connectivity index (χ1) is 8.75. The Labute approximate surface area is 106 Å². The molecule has 0 aliphatic carbocycles. The van der Waals surface area contributed by atoms with Gasteiger partial charge in [-0.3, -0.25) is 4.79 Å². The minimum atomic E-state index is -4.45. The molecule has 0 bridgehead atoms. The van der Waals surface area contributed by atoms with Crippen LogP contribution in [0, 0.1) is 11.3 Å². The van der Waals surface area contributed by atoms with Crippen LogP contribution in [-0.4, -0.2) is 10.9 Å². The summed E-state index contributed by atoms with van der Waals surface area (Å²) in [6.07, 6.45) is -4.45. The van der Waals surface area contributed by atoms with E-state index in [0.717, 1.165) is 31.2 Å². The van der Waals surface area contributed by atoms with Gasteiger partial charge in [0.1, 0.15) is 6.07 Å². The zero-order valence-electron chi connectivity index (χ0n) is 9.75. The van der Waals surface area contributed by atoms with Gasteiger partial charge >= 0.3 is 6.18 Å². The molecule has 100 valence electrons. The van der Waals surface area contributed by atoms with Gasteiger partial charge in [-0.05, 0) is 24.3 Å². The number of benzene rings is 1. The number of alkyl halides is 3. The van der Waals surface area contributed by atoms with Crippen molar-refractivity contribution in [1.29, 1.82) is 5.26 Å². The quantitative estimate of drug-likeness (QED) is 0.503. The number of allylic oxidation sites excluding steroid dienone is 1. The number of aliphatic hydroxyl groups excluding tert-OH is 1. The van der Waals surface area contributed by atoms with E-state index in [-0.39, 0.29) is 5.69 Å². The number of nitriles is 1. The van der Waals surface area contributed by atoms with Crippen molar-refractivity contribution in [2.75, 3.05) is 5.32 Å². The fourth-order valence-corrected chi connectivity index (χ4v) is 1.24. The Balaban J connectivity index is 2.97. The highest BCUT2D eigenvalue weighted by molar-refractivity contribution is 5.97. The first kappa shape index (κ1) is 14.6. The Bertz CT molecular complexity index is 554. The van der Waals surface area contributed by atoms with Crippen molar-refractivity contribution in [2.45, 2.75) is 13.1 Å². The van der Waals surface area contributed by atoms with Crippen LogP contribution in [0.4, 0.5) is 18.9 Å². The van der Waals surface area contributed by atoms with Crippen LogP contribution in [0.25, 0.3) is 0 Å². The van der Waals surface area contributed by atoms with Crippen molar-refractivity contribution >= 4 is 11.5 Å². The summed E-state index contributed by atoms with van der Waals surface area (Å²) in [7, 11) is 0. The fourth-order valence-electron chi connectivity index (χ4n) is 1.24. The molecule has 2 N–H and O–H groups in total. The topological polar surface area (TPSA) is 73.1 Å². The molecule has 0 saturated heterocycles. The lowest BCUT2D eigenvalue weighted by Crippen LogP contribution is -2.08. The normalized spacial score (nSPS) is 12.4. The molecular formula is C12H9F3N2O2. The van der Waals surface area contributed by atoms with E-state index in [4.69, 9.17) is 5.26 Å². The molecule has 0 atom stereocenters. The Morgan fingerprint density at radius 1 is 1.32 bits per heavy atom. The molecule has 0 radical (unpaired) electrons. The summed E-state index contributed by atoms with van der Waals surface area (Å²) in [4.78, 5) is 11.0. The van der Waals surface area contributed by atoms with Crippen LogP contribution >= 0.6 is 0 Å². The number of halogens is 3. The summed E-state index contributed by atoms with van der Waals surface area (Å²) in [5, 5.41) is 20.4. The van der Waals surface area contributed by atoms with Gasteiger partial charge in [-0.2, -0.15) is 18.4 Å². The average molecular weight is 270 g/mol. The molecule has 0 aliphatic heterocycles. The lowest BCUT2D eigenvalue weighted by molar-refractivity contribution is -0.137. The molecule has 4 nitrogen and oxygen atoms in total. The second-order valence-electron chi connectivity index (χ2n) is 3.59. The van der Waals surface area contributed by atoms with Crippen molar-refractivity contribution in [1.82, 2.24) is 0 Å². The smallest absolute Gasteiger partial charge is 0.416 e. The SMILES string of the molecule is CC(=O)/C(C#N)=C(\O)Nc1ccc(C(F)(F)F)cc1. The Morgan fingerprint density at radius 3 is 2.21 bits per heavy atom. The van der Waals surface area contributed by atoms with Crippen LogP contribution in [0.1, 0.15) is 12.5 Å².